The van der Waals surface area contributed by atoms with Crippen molar-refractivity contribution in [3.8, 4) is 0 Å². The second-order valence-corrected chi connectivity index (χ2v) is 10.1. The molecular formula is C25H33ClN2O4S2. The molecule has 1 aliphatic carbocycles. The van der Waals surface area contributed by atoms with Crippen molar-refractivity contribution >= 4 is 46.5 Å². The molecule has 0 aromatic carbocycles. The van der Waals surface area contributed by atoms with E-state index in [1.165, 1.54) is 16.2 Å². The molecule has 186 valence electrons. The maximum atomic E-state index is 12.1. The number of allylic oxidation sites excluding steroid dienone is 6. The molecule has 1 saturated heterocycles. The zero-order valence-electron chi connectivity index (χ0n) is 19.4. The fourth-order valence-corrected chi connectivity index (χ4v) is 4.91. The lowest BCUT2D eigenvalue weighted by atomic mass is 10.1. The Kier molecular flexibility index (Phi) is 12.7. The highest BCUT2D eigenvalue weighted by Gasteiger charge is 2.34. The molecule has 0 bridgehead atoms. The van der Waals surface area contributed by atoms with Crippen molar-refractivity contribution in [2.75, 3.05) is 19.3 Å². The quantitative estimate of drug-likeness (QED) is 0.422. The average molecular weight is 525 g/mol. The van der Waals surface area contributed by atoms with Crippen LogP contribution in [0.2, 0.25) is 0 Å². The number of aliphatic hydroxyl groups is 2. The van der Waals surface area contributed by atoms with Gasteiger partial charge in [0.1, 0.15) is 0 Å². The molecule has 0 saturated carbocycles. The Morgan fingerprint density at radius 1 is 1.32 bits per heavy atom. The van der Waals surface area contributed by atoms with Crippen LogP contribution in [0.25, 0.3) is 0 Å². The number of likely N-dealkylation sites (tertiary alicyclic amines) is 1. The van der Waals surface area contributed by atoms with Crippen LogP contribution < -0.4 is 5.32 Å². The molecular weight excluding hydrogens is 492 g/mol. The molecule has 1 aromatic rings. The summed E-state index contributed by atoms with van der Waals surface area (Å²) in [6.45, 7) is 5.15. The Morgan fingerprint density at radius 3 is 2.62 bits per heavy atom. The summed E-state index contributed by atoms with van der Waals surface area (Å²) >= 11 is 8.76. The zero-order valence-corrected chi connectivity index (χ0v) is 21.8. The molecule has 9 heteroatoms. The van der Waals surface area contributed by atoms with Crippen LogP contribution in [0.1, 0.15) is 36.1 Å². The number of amides is 2. The van der Waals surface area contributed by atoms with Gasteiger partial charge in [-0.2, -0.15) is 0 Å². The van der Waals surface area contributed by atoms with E-state index in [2.05, 4.69) is 18.0 Å². The van der Waals surface area contributed by atoms with E-state index >= 15 is 0 Å². The van der Waals surface area contributed by atoms with Crippen molar-refractivity contribution in [1.29, 1.82) is 0 Å². The SMILES string of the molecule is C=C/C(=C\SC)Cc1csc(CNC(=O)C(O)C(O)C(=O)N2CCCC2)c1.ClC1=CC=CCC1. The van der Waals surface area contributed by atoms with E-state index in [1.807, 2.05) is 41.3 Å². The molecule has 0 radical (unpaired) electrons. The number of hydrogen-bond donors (Lipinski definition) is 3. The van der Waals surface area contributed by atoms with Crippen LogP contribution in [0.4, 0.5) is 0 Å². The van der Waals surface area contributed by atoms with Crippen molar-refractivity contribution in [3.63, 3.8) is 0 Å². The fourth-order valence-electron chi connectivity index (χ4n) is 3.42. The molecule has 2 atom stereocenters. The third-order valence-electron chi connectivity index (χ3n) is 5.29. The molecule has 1 fully saturated rings. The number of hydrogen-bond acceptors (Lipinski definition) is 6. The Labute approximate surface area is 215 Å². The topological polar surface area (TPSA) is 89.9 Å². The molecule has 3 N–H and O–H groups in total. The summed E-state index contributed by atoms with van der Waals surface area (Å²) in [4.78, 5) is 26.6. The summed E-state index contributed by atoms with van der Waals surface area (Å²) in [5, 5.41) is 27.6. The van der Waals surface area contributed by atoms with Crippen LogP contribution in [0.15, 0.2) is 58.3 Å². The van der Waals surface area contributed by atoms with Crippen LogP contribution in [0.3, 0.4) is 0 Å². The first-order valence-electron chi connectivity index (χ1n) is 11.2. The van der Waals surface area contributed by atoms with Crippen LogP contribution in [0, 0.1) is 0 Å². The maximum Gasteiger partial charge on any atom is 0.254 e. The minimum absolute atomic E-state index is 0.237. The highest BCUT2D eigenvalue weighted by molar-refractivity contribution is 8.01. The van der Waals surface area contributed by atoms with Gasteiger partial charge in [-0.25, -0.2) is 0 Å². The Bertz CT molecular complexity index is 920. The van der Waals surface area contributed by atoms with Gasteiger partial charge in [0.05, 0.1) is 6.54 Å². The monoisotopic (exact) mass is 524 g/mol. The smallest absolute Gasteiger partial charge is 0.254 e. The number of carbonyl (C=O) groups excluding carboxylic acids is 2. The van der Waals surface area contributed by atoms with Crippen molar-refractivity contribution in [1.82, 2.24) is 10.2 Å². The summed E-state index contributed by atoms with van der Waals surface area (Å²) in [5.74, 6) is -1.34. The van der Waals surface area contributed by atoms with E-state index in [9.17, 15) is 19.8 Å². The molecule has 3 rings (SSSR count). The van der Waals surface area contributed by atoms with Gasteiger partial charge in [-0.15, -0.1) is 23.1 Å². The number of aliphatic hydroxyl groups excluding tert-OH is 2. The Balaban J connectivity index is 0.000000497. The van der Waals surface area contributed by atoms with Gasteiger partial charge in [0.25, 0.3) is 11.8 Å². The van der Waals surface area contributed by atoms with Gasteiger partial charge in [0.15, 0.2) is 12.2 Å². The van der Waals surface area contributed by atoms with Crippen LogP contribution >= 0.6 is 34.7 Å². The standard InChI is InChI=1S/C19H26N2O4S2.C6H7Cl/c1-3-13(11-26-2)8-14-9-15(27-12-14)10-20-18(24)16(22)17(23)19(25)21-6-4-5-7-21;7-6-4-2-1-3-5-6/h3,9,11-12,16-17,22-23H,1,4-8,10H2,2H3,(H,20,24);1-2,4H,3,5H2/b13-11+;. The molecule has 6 nitrogen and oxygen atoms in total. The van der Waals surface area contributed by atoms with Gasteiger partial charge in [0, 0.05) is 23.0 Å². The predicted octanol–water partition coefficient (Wildman–Crippen LogP) is 4.14. The van der Waals surface area contributed by atoms with Crippen molar-refractivity contribution in [2.45, 2.75) is 50.9 Å². The number of thioether (sulfide) groups is 1. The molecule has 2 aliphatic rings. The highest BCUT2D eigenvalue weighted by atomic mass is 35.5. The Morgan fingerprint density at radius 2 is 2.06 bits per heavy atom. The normalized spacial score (nSPS) is 17.4. The number of rotatable bonds is 9. The first kappa shape index (κ1) is 28.4. The largest absolute Gasteiger partial charge is 0.380 e. The van der Waals surface area contributed by atoms with Crippen LogP contribution in [-0.2, 0) is 22.6 Å². The minimum Gasteiger partial charge on any atom is -0.380 e. The number of nitrogens with one attached hydrogen (secondary N) is 1. The fraction of sp³-hybridized carbons (Fsp3) is 0.440. The summed E-state index contributed by atoms with van der Waals surface area (Å²) in [6.07, 6.45) is 11.0. The Hall–Kier alpha value is -1.84. The number of halogens is 1. The van der Waals surface area contributed by atoms with Gasteiger partial charge >= 0.3 is 0 Å². The summed E-state index contributed by atoms with van der Waals surface area (Å²) in [7, 11) is 0. The van der Waals surface area contributed by atoms with E-state index in [0.717, 1.165) is 53.2 Å². The van der Waals surface area contributed by atoms with Crippen LogP contribution in [-0.4, -0.2) is 58.5 Å². The van der Waals surface area contributed by atoms with E-state index in [4.69, 9.17) is 11.6 Å². The third kappa shape index (κ3) is 9.43. The van der Waals surface area contributed by atoms with E-state index in [-0.39, 0.29) is 6.54 Å². The summed E-state index contributed by atoms with van der Waals surface area (Å²) < 4.78 is 0. The molecule has 0 spiro atoms. The number of carbonyl (C=O) groups is 2. The molecule has 2 amide bonds. The second-order valence-electron chi connectivity index (χ2n) is 7.95. The predicted molar refractivity (Wildman–Crippen MR) is 142 cm³/mol. The number of thiophene rings is 1. The zero-order chi connectivity index (χ0) is 24.9. The van der Waals surface area contributed by atoms with Gasteiger partial charge in [-0.05, 0) is 72.4 Å². The van der Waals surface area contributed by atoms with Crippen molar-refractivity contribution in [3.05, 3.63) is 68.8 Å². The van der Waals surface area contributed by atoms with Gasteiger partial charge in [-0.1, -0.05) is 36.4 Å². The lowest BCUT2D eigenvalue weighted by Crippen LogP contribution is -2.50. The molecule has 34 heavy (non-hydrogen) atoms. The second kappa shape index (κ2) is 15.2. The first-order chi connectivity index (χ1) is 16.3. The lowest BCUT2D eigenvalue weighted by Gasteiger charge is -2.22. The van der Waals surface area contributed by atoms with Crippen LogP contribution in [0.5, 0.6) is 0 Å². The maximum absolute atomic E-state index is 12.1. The first-order valence-corrected chi connectivity index (χ1v) is 13.7. The molecule has 2 heterocycles. The lowest BCUT2D eigenvalue weighted by molar-refractivity contribution is -0.152. The van der Waals surface area contributed by atoms with E-state index < -0.39 is 24.0 Å². The van der Waals surface area contributed by atoms with Gasteiger partial charge in [0.2, 0.25) is 0 Å². The van der Waals surface area contributed by atoms with Gasteiger partial charge < -0.3 is 20.4 Å². The molecule has 2 unspecified atom stereocenters. The van der Waals surface area contributed by atoms with E-state index in [0.29, 0.717) is 13.1 Å². The third-order valence-corrected chi connectivity index (χ3v) is 7.12. The van der Waals surface area contributed by atoms with E-state index in [1.54, 1.807) is 11.8 Å². The summed E-state index contributed by atoms with van der Waals surface area (Å²) in [6, 6.07) is 1.99. The highest BCUT2D eigenvalue weighted by Crippen LogP contribution is 2.19. The average Bonchev–Trinajstić information content (AvgIpc) is 3.54. The minimum atomic E-state index is -1.77. The van der Waals surface area contributed by atoms with Crippen molar-refractivity contribution < 1.29 is 19.8 Å². The number of nitrogens with zero attached hydrogens (tertiary/aromatic N) is 1. The molecule has 1 aliphatic heterocycles. The van der Waals surface area contributed by atoms with Crippen molar-refractivity contribution in [2.24, 2.45) is 0 Å². The van der Waals surface area contributed by atoms with Gasteiger partial charge in [-0.3, -0.25) is 9.59 Å². The summed E-state index contributed by atoms with van der Waals surface area (Å²) in [5.41, 5.74) is 2.24. The molecule has 1 aromatic heterocycles.